The van der Waals surface area contributed by atoms with Crippen LogP contribution in [0.25, 0.3) is 0 Å². The van der Waals surface area contributed by atoms with Gasteiger partial charge in [0.2, 0.25) is 5.91 Å². The van der Waals surface area contributed by atoms with Crippen molar-refractivity contribution in [1.82, 2.24) is 10.2 Å². The van der Waals surface area contributed by atoms with Crippen molar-refractivity contribution in [3.05, 3.63) is 0 Å². The van der Waals surface area contributed by atoms with Gasteiger partial charge in [-0.05, 0) is 39.7 Å². The minimum atomic E-state index is 0.255. The van der Waals surface area contributed by atoms with E-state index >= 15 is 0 Å². The number of nitrogens with one attached hydrogen (secondary N) is 1. The van der Waals surface area contributed by atoms with Gasteiger partial charge in [-0.2, -0.15) is 0 Å². The minimum Gasteiger partial charge on any atom is -0.356 e. The summed E-state index contributed by atoms with van der Waals surface area (Å²) in [5, 5.41) is 3.14. The van der Waals surface area contributed by atoms with E-state index in [0.717, 1.165) is 19.5 Å². The summed E-state index contributed by atoms with van der Waals surface area (Å²) in [6, 6.07) is 1.03. The Morgan fingerprint density at radius 1 is 0.923 bits per heavy atom. The fourth-order valence-electron chi connectivity index (χ4n) is 4.24. The van der Waals surface area contributed by atoms with Crippen molar-refractivity contribution in [3.8, 4) is 0 Å². The summed E-state index contributed by atoms with van der Waals surface area (Å²) in [6.45, 7) is 8.78. The van der Waals surface area contributed by atoms with Gasteiger partial charge in [-0.3, -0.25) is 9.69 Å². The van der Waals surface area contributed by atoms with Crippen molar-refractivity contribution in [2.45, 2.75) is 129 Å². The molecule has 0 bridgehead atoms. The molecule has 0 aromatic carbocycles. The van der Waals surface area contributed by atoms with Crippen LogP contribution in [0.5, 0.6) is 0 Å². The Bertz CT molecular complexity index is 343. The Kier molecular flexibility index (Phi) is 14.0. The number of unbranched alkanes of at least 4 members (excludes halogenated alkanes) is 11. The number of hydrogen-bond donors (Lipinski definition) is 1. The van der Waals surface area contributed by atoms with E-state index in [1.165, 1.54) is 83.5 Å². The zero-order chi connectivity index (χ0) is 19.0. The number of rotatable bonds is 16. The number of hydrogen-bond acceptors (Lipinski definition) is 2. The normalized spacial score (nSPS) is 17.9. The first-order valence-corrected chi connectivity index (χ1v) is 11.7. The van der Waals surface area contributed by atoms with Crippen LogP contribution >= 0.6 is 0 Å². The van der Waals surface area contributed by atoms with Gasteiger partial charge in [0.15, 0.2) is 0 Å². The van der Waals surface area contributed by atoms with E-state index in [1.54, 1.807) is 0 Å². The van der Waals surface area contributed by atoms with E-state index in [1.807, 2.05) is 0 Å². The fourth-order valence-corrected chi connectivity index (χ4v) is 4.24. The highest BCUT2D eigenvalue weighted by atomic mass is 16.1. The Balaban J connectivity index is 1.86. The van der Waals surface area contributed by atoms with Crippen LogP contribution in [0.4, 0.5) is 0 Å². The molecule has 0 saturated carbocycles. The molecule has 0 aromatic rings. The van der Waals surface area contributed by atoms with E-state index in [-0.39, 0.29) is 5.91 Å². The van der Waals surface area contributed by atoms with Crippen molar-refractivity contribution in [1.29, 1.82) is 0 Å². The van der Waals surface area contributed by atoms with Gasteiger partial charge in [-0.25, -0.2) is 0 Å². The van der Waals surface area contributed by atoms with Crippen LogP contribution in [0.3, 0.4) is 0 Å². The Labute approximate surface area is 163 Å². The molecule has 0 spiro atoms. The maximum absolute atomic E-state index is 12.1. The van der Waals surface area contributed by atoms with Crippen LogP contribution < -0.4 is 5.32 Å². The van der Waals surface area contributed by atoms with Gasteiger partial charge in [-0.1, -0.05) is 77.6 Å². The first-order chi connectivity index (χ1) is 12.6. The molecule has 1 N–H and O–H groups in total. The average Bonchev–Trinajstić information content (AvgIpc) is 3.07. The van der Waals surface area contributed by atoms with Crippen LogP contribution in [0.1, 0.15) is 117 Å². The zero-order valence-electron chi connectivity index (χ0n) is 18.0. The van der Waals surface area contributed by atoms with Crippen molar-refractivity contribution in [3.63, 3.8) is 0 Å². The Morgan fingerprint density at radius 2 is 1.46 bits per heavy atom. The maximum Gasteiger partial charge on any atom is 0.221 e. The van der Waals surface area contributed by atoms with Crippen molar-refractivity contribution >= 4 is 5.91 Å². The van der Waals surface area contributed by atoms with Crippen LogP contribution in [0.15, 0.2) is 0 Å². The summed E-state index contributed by atoms with van der Waals surface area (Å²) >= 11 is 0. The second-order valence-corrected chi connectivity index (χ2v) is 8.57. The van der Waals surface area contributed by atoms with Crippen molar-refractivity contribution in [2.75, 3.05) is 13.1 Å². The van der Waals surface area contributed by atoms with E-state index in [0.29, 0.717) is 18.5 Å². The standard InChI is InChI=1S/C23H46N2O/c1-4-5-6-7-8-9-10-11-12-13-14-15-18-24-23(26)20-22-17-16-19-25(22)21(2)3/h21-22H,4-20H2,1-3H3,(H,24,26)/t22-/m1/s1. The molecule has 1 heterocycles. The molecule has 1 fully saturated rings. The molecule has 3 heteroatoms. The highest BCUT2D eigenvalue weighted by Crippen LogP contribution is 2.22. The van der Waals surface area contributed by atoms with E-state index < -0.39 is 0 Å². The molecule has 0 aromatic heterocycles. The number of carbonyl (C=O) groups excluding carboxylic acids is 1. The Morgan fingerprint density at radius 3 is 2.00 bits per heavy atom. The van der Waals surface area contributed by atoms with Crippen LogP contribution in [-0.2, 0) is 4.79 Å². The summed E-state index contributed by atoms with van der Waals surface area (Å²) in [6.07, 6.45) is 19.5. The monoisotopic (exact) mass is 366 g/mol. The van der Waals surface area contributed by atoms with Gasteiger partial charge < -0.3 is 5.32 Å². The first kappa shape index (κ1) is 23.5. The predicted octanol–water partition coefficient (Wildman–Crippen LogP) is 6.07. The van der Waals surface area contributed by atoms with Gasteiger partial charge in [0, 0.05) is 25.0 Å². The molecule has 26 heavy (non-hydrogen) atoms. The summed E-state index contributed by atoms with van der Waals surface area (Å²) in [4.78, 5) is 14.6. The van der Waals surface area contributed by atoms with Crippen LogP contribution in [0, 0.1) is 0 Å². The molecule has 3 nitrogen and oxygen atoms in total. The van der Waals surface area contributed by atoms with Gasteiger partial charge in [0.25, 0.3) is 0 Å². The third-order valence-electron chi connectivity index (χ3n) is 5.86. The summed E-state index contributed by atoms with van der Waals surface area (Å²) in [5.74, 6) is 0.255. The van der Waals surface area contributed by atoms with Crippen LogP contribution in [-0.4, -0.2) is 36.0 Å². The molecule has 1 rings (SSSR count). The largest absolute Gasteiger partial charge is 0.356 e. The summed E-state index contributed by atoms with van der Waals surface area (Å²) in [5.41, 5.74) is 0. The fraction of sp³-hybridized carbons (Fsp3) is 0.957. The lowest BCUT2D eigenvalue weighted by molar-refractivity contribution is -0.122. The number of likely N-dealkylation sites (tertiary alicyclic amines) is 1. The van der Waals surface area contributed by atoms with Crippen molar-refractivity contribution < 1.29 is 4.79 Å². The highest BCUT2D eigenvalue weighted by Gasteiger charge is 2.27. The predicted molar refractivity (Wildman–Crippen MR) is 114 cm³/mol. The average molecular weight is 367 g/mol. The van der Waals surface area contributed by atoms with Gasteiger partial charge in [0.1, 0.15) is 0 Å². The number of amides is 1. The maximum atomic E-state index is 12.1. The number of nitrogens with zero attached hydrogens (tertiary/aromatic N) is 1. The smallest absolute Gasteiger partial charge is 0.221 e. The first-order valence-electron chi connectivity index (χ1n) is 11.7. The molecule has 1 saturated heterocycles. The quantitative estimate of drug-likeness (QED) is 0.336. The molecule has 1 aliphatic heterocycles. The SMILES string of the molecule is CCCCCCCCCCCCCCNC(=O)C[C@H]1CCCN1C(C)C. The summed E-state index contributed by atoms with van der Waals surface area (Å²) in [7, 11) is 0. The lowest BCUT2D eigenvalue weighted by Gasteiger charge is -2.27. The lowest BCUT2D eigenvalue weighted by atomic mass is 10.1. The van der Waals surface area contributed by atoms with E-state index in [9.17, 15) is 4.79 Å². The number of carbonyl (C=O) groups is 1. The van der Waals surface area contributed by atoms with E-state index in [4.69, 9.17) is 0 Å². The molecule has 1 atom stereocenters. The molecular formula is C23H46N2O. The van der Waals surface area contributed by atoms with E-state index in [2.05, 4.69) is 31.0 Å². The molecule has 0 unspecified atom stereocenters. The topological polar surface area (TPSA) is 32.3 Å². The minimum absolute atomic E-state index is 0.255. The molecule has 1 aliphatic rings. The molecule has 0 radical (unpaired) electrons. The second kappa shape index (κ2) is 15.5. The second-order valence-electron chi connectivity index (χ2n) is 8.57. The summed E-state index contributed by atoms with van der Waals surface area (Å²) < 4.78 is 0. The molecular weight excluding hydrogens is 320 g/mol. The third-order valence-corrected chi connectivity index (χ3v) is 5.86. The zero-order valence-corrected chi connectivity index (χ0v) is 18.0. The highest BCUT2D eigenvalue weighted by molar-refractivity contribution is 5.76. The van der Waals surface area contributed by atoms with Gasteiger partial charge >= 0.3 is 0 Å². The third kappa shape index (κ3) is 11.2. The van der Waals surface area contributed by atoms with Crippen LogP contribution in [0.2, 0.25) is 0 Å². The molecule has 1 amide bonds. The lowest BCUT2D eigenvalue weighted by Crippen LogP contribution is -2.39. The van der Waals surface area contributed by atoms with Gasteiger partial charge in [0.05, 0.1) is 0 Å². The van der Waals surface area contributed by atoms with Crippen molar-refractivity contribution in [2.24, 2.45) is 0 Å². The van der Waals surface area contributed by atoms with Gasteiger partial charge in [-0.15, -0.1) is 0 Å². The Hall–Kier alpha value is -0.570. The molecule has 154 valence electrons. The molecule has 0 aliphatic carbocycles.